The zero-order valence-electron chi connectivity index (χ0n) is 10.8. The van der Waals surface area contributed by atoms with Crippen LogP contribution in [0.15, 0.2) is 30.0 Å². The third-order valence-corrected chi connectivity index (χ3v) is 2.73. The van der Waals surface area contributed by atoms with Crippen LogP contribution in [-0.2, 0) is 19.1 Å². The van der Waals surface area contributed by atoms with Gasteiger partial charge in [0.2, 0.25) is 0 Å². The average Bonchev–Trinajstić information content (AvgIpc) is 2.41. The zero-order chi connectivity index (χ0) is 14.4. The first kappa shape index (κ1) is 15.0. The van der Waals surface area contributed by atoms with E-state index in [0.29, 0.717) is 10.7 Å². The molecule has 19 heavy (non-hydrogen) atoms. The first-order chi connectivity index (χ1) is 8.97. The van der Waals surface area contributed by atoms with Crippen LogP contribution in [0.3, 0.4) is 0 Å². The van der Waals surface area contributed by atoms with Gasteiger partial charge in [0.25, 0.3) is 0 Å². The van der Waals surface area contributed by atoms with E-state index in [-0.39, 0.29) is 5.70 Å². The van der Waals surface area contributed by atoms with Gasteiger partial charge in [0.05, 0.1) is 20.3 Å². The summed E-state index contributed by atoms with van der Waals surface area (Å²) in [5, 5.41) is 3.31. The molecule has 0 aromatic heterocycles. The van der Waals surface area contributed by atoms with Crippen molar-refractivity contribution in [1.29, 1.82) is 0 Å². The Kier molecular flexibility index (Phi) is 5.38. The fourth-order valence-corrected chi connectivity index (χ4v) is 1.44. The Morgan fingerprint density at radius 2 is 1.95 bits per heavy atom. The van der Waals surface area contributed by atoms with Crippen molar-refractivity contribution in [1.82, 2.24) is 0 Å². The molecule has 0 radical (unpaired) electrons. The summed E-state index contributed by atoms with van der Waals surface area (Å²) in [4.78, 5) is 22.7. The largest absolute Gasteiger partial charge is 0.466 e. The lowest BCUT2D eigenvalue weighted by molar-refractivity contribution is -0.138. The van der Waals surface area contributed by atoms with Crippen LogP contribution in [0.5, 0.6) is 0 Å². The Hall–Kier alpha value is -2.01. The maximum absolute atomic E-state index is 11.5. The molecule has 0 unspecified atom stereocenters. The highest BCUT2D eigenvalue weighted by Crippen LogP contribution is 2.21. The number of halogens is 1. The van der Waals surface area contributed by atoms with Gasteiger partial charge in [-0.25, -0.2) is 9.59 Å². The van der Waals surface area contributed by atoms with Crippen molar-refractivity contribution >= 4 is 29.2 Å². The molecule has 0 saturated heterocycles. The van der Waals surface area contributed by atoms with Gasteiger partial charge in [-0.1, -0.05) is 17.7 Å². The van der Waals surface area contributed by atoms with Crippen LogP contribution in [0, 0.1) is 6.92 Å². The number of carbonyl (C=O) groups excluding carboxylic acids is 2. The van der Waals surface area contributed by atoms with E-state index in [2.05, 4.69) is 14.8 Å². The number of anilines is 1. The minimum atomic E-state index is -0.679. The first-order valence-electron chi connectivity index (χ1n) is 5.39. The van der Waals surface area contributed by atoms with Crippen molar-refractivity contribution in [2.75, 3.05) is 19.5 Å². The summed E-state index contributed by atoms with van der Waals surface area (Å²) in [5.41, 5.74) is 1.44. The van der Waals surface area contributed by atoms with Gasteiger partial charge in [0.1, 0.15) is 5.70 Å². The number of hydrogen-bond donors (Lipinski definition) is 1. The monoisotopic (exact) mass is 283 g/mol. The summed E-state index contributed by atoms with van der Waals surface area (Å²) < 4.78 is 9.04. The number of benzene rings is 1. The van der Waals surface area contributed by atoms with E-state index in [1.165, 1.54) is 14.2 Å². The predicted octanol–water partition coefficient (Wildman–Crippen LogP) is 2.29. The van der Waals surface area contributed by atoms with Gasteiger partial charge in [-0.2, -0.15) is 0 Å². The SMILES string of the molecule is COC(=O)/C=C(/Nc1ccc(C)c(Cl)c1)C(=O)OC. The second-order valence-electron chi connectivity index (χ2n) is 3.66. The molecule has 0 atom stereocenters. The second kappa shape index (κ2) is 6.80. The van der Waals surface area contributed by atoms with Crippen molar-refractivity contribution in [3.05, 3.63) is 40.6 Å². The number of aryl methyl sites for hydroxylation is 1. The summed E-state index contributed by atoms with van der Waals surface area (Å²) in [6.45, 7) is 1.86. The molecule has 0 saturated carbocycles. The lowest BCUT2D eigenvalue weighted by Crippen LogP contribution is -2.15. The molecule has 1 N–H and O–H groups in total. The van der Waals surface area contributed by atoms with E-state index in [1.807, 2.05) is 6.92 Å². The van der Waals surface area contributed by atoms with Crippen LogP contribution in [0.2, 0.25) is 5.02 Å². The molecule has 1 rings (SSSR count). The molecule has 0 bridgehead atoms. The van der Waals surface area contributed by atoms with E-state index in [1.54, 1.807) is 18.2 Å². The van der Waals surface area contributed by atoms with Crippen LogP contribution in [0.1, 0.15) is 5.56 Å². The minimum absolute atomic E-state index is 0.0331. The molecule has 5 nitrogen and oxygen atoms in total. The molecule has 0 amide bonds. The van der Waals surface area contributed by atoms with E-state index in [4.69, 9.17) is 11.6 Å². The Balaban J connectivity index is 3.00. The Bertz CT molecular complexity index is 525. The molecular formula is C13H14ClNO4. The fraction of sp³-hybridized carbons (Fsp3) is 0.231. The van der Waals surface area contributed by atoms with Crippen LogP contribution in [0.25, 0.3) is 0 Å². The second-order valence-corrected chi connectivity index (χ2v) is 4.07. The first-order valence-corrected chi connectivity index (χ1v) is 5.77. The number of carbonyl (C=O) groups is 2. The summed E-state index contributed by atoms with van der Waals surface area (Å²) in [6.07, 6.45) is 1.01. The number of rotatable bonds is 4. The van der Waals surface area contributed by atoms with Gasteiger partial charge in [-0.3, -0.25) is 0 Å². The molecule has 0 heterocycles. The number of methoxy groups -OCH3 is 2. The van der Waals surface area contributed by atoms with E-state index in [0.717, 1.165) is 11.6 Å². The number of esters is 2. The maximum Gasteiger partial charge on any atom is 0.354 e. The van der Waals surface area contributed by atoms with Gasteiger partial charge in [0, 0.05) is 10.7 Å². The molecule has 0 aliphatic carbocycles. The Labute approximate surface area is 116 Å². The number of hydrogen-bond acceptors (Lipinski definition) is 5. The standard InChI is InChI=1S/C13H14ClNO4/c1-8-4-5-9(6-10(8)14)15-11(13(17)19-3)7-12(16)18-2/h4-7,15H,1-3H3/b11-7+. The summed E-state index contributed by atoms with van der Waals surface area (Å²) >= 11 is 5.98. The molecule has 0 aliphatic heterocycles. The Morgan fingerprint density at radius 1 is 1.26 bits per heavy atom. The van der Waals surface area contributed by atoms with Crippen molar-refractivity contribution < 1.29 is 19.1 Å². The average molecular weight is 284 g/mol. The zero-order valence-corrected chi connectivity index (χ0v) is 11.6. The van der Waals surface area contributed by atoms with E-state index >= 15 is 0 Å². The topological polar surface area (TPSA) is 64.6 Å². The summed E-state index contributed by atoms with van der Waals surface area (Å²) in [7, 11) is 2.44. The summed E-state index contributed by atoms with van der Waals surface area (Å²) in [5.74, 6) is -1.34. The van der Waals surface area contributed by atoms with Crippen molar-refractivity contribution in [2.45, 2.75) is 6.92 Å². The highest BCUT2D eigenvalue weighted by molar-refractivity contribution is 6.31. The molecule has 6 heteroatoms. The predicted molar refractivity (Wildman–Crippen MR) is 71.9 cm³/mol. The van der Waals surface area contributed by atoms with Gasteiger partial charge in [-0.15, -0.1) is 0 Å². The number of nitrogens with one attached hydrogen (secondary N) is 1. The molecule has 0 aliphatic rings. The quantitative estimate of drug-likeness (QED) is 0.678. The molecule has 0 spiro atoms. The Morgan fingerprint density at radius 3 is 2.47 bits per heavy atom. The van der Waals surface area contributed by atoms with E-state index < -0.39 is 11.9 Å². The smallest absolute Gasteiger partial charge is 0.354 e. The minimum Gasteiger partial charge on any atom is -0.466 e. The van der Waals surface area contributed by atoms with Gasteiger partial charge in [-0.05, 0) is 24.6 Å². The van der Waals surface area contributed by atoms with Crippen molar-refractivity contribution in [3.63, 3.8) is 0 Å². The lowest BCUT2D eigenvalue weighted by atomic mass is 10.2. The highest BCUT2D eigenvalue weighted by atomic mass is 35.5. The van der Waals surface area contributed by atoms with Gasteiger partial charge < -0.3 is 14.8 Å². The lowest BCUT2D eigenvalue weighted by Gasteiger charge is -2.10. The van der Waals surface area contributed by atoms with Crippen molar-refractivity contribution in [3.8, 4) is 0 Å². The third-order valence-electron chi connectivity index (χ3n) is 2.32. The molecule has 1 aromatic carbocycles. The highest BCUT2D eigenvalue weighted by Gasteiger charge is 2.13. The summed E-state index contributed by atoms with van der Waals surface area (Å²) in [6, 6.07) is 5.16. The number of ether oxygens (including phenoxy) is 2. The maximum atomic E-state index is 11.5. The fourth-order valence-electron chi connectivity index (χ4n) is 1.26. The van der Waals surface area contributed by atoms with Crippen LogP contribution >= 0.6 is 11.6 Å². The van der Waals surface area contributed by atoms with Crippen LogP contribution in [-0.4, -0.2) is 26.2 Å². The van der Waals surface area contributed by atoms with Crippen LogP contribution < -0.4 is 5.32 Å². The molecule has 0 fully saturated rings. The van der Waals surface area contributed by atoms with Crippen molar-refractivity contribution in [2.24, 2.45) is 0 Å². The van der Waals surface area contributed by atoms with Crippen LogP contribution in [0.4, 0.5) is 5.69 Å². The molecule has 102 valence electrons. The van der Waals surface area contributed by atoms with E-state index in [9.17, 15) is 9.59 Å². The molecular weight excluding hydrogens is 270 g/mol. The van der Waals surface area contributed by atoms with Gasteiger partial charge >= 0.3 is 11.9 Å². The molecule has 1 aromatic rings. The van der Waals surface area contributed by atoms with Gasteiger partial charge in [0.15, 0.2) is 0 Å². The third kappa shape index (κ3) is 4.30. The normalized spacial score (nSPS) is 10.8.